The van der Waals surface area contributed by atoms with E-state index < -0.39 is 0 Å². The molecular weight excluding hydrogens is 435 g/mol. The van der Waals surface area contributed by atoms with Crippen molar-refractivity contribution in [2.24, 2.45) is 0 Å². The number of thiophene rings is 1. The minimum absolute atomic E-state index is 0.176. The Morgan fingerprint density at radius 2 is 2.14 bits per heavy atom. The summed E-state index contributed by atoms with van der Waals surface area (Å²) in [6.45, 7) is 8.53. The van der Waals surface area contributed by atoms with Crippen LogP contribution in [0.5, 0.6) is 0 Å². The van der Waals surface area contributed by atoms with Gasteiger partial charge in [-0.25, -0.2) is 0 Å². The summed E-state index contributed by atoms with van der Waals surface area (Å²) in [6, 6.07) is 4.94. The lowest BCUT2D eigenvalue weighted by molar-refractivity contribution is -0.113. The lowest BCUT2D eigenvalue weighted by Crippen LogP contribution is -2.15. The molecule has 5 nitrogen and oxygen atoms in total. The third kappa shape index (κ3) is 4.60. The van der Waals surface area contributed by atoms with Crippen molar-refractivity contribution in [1.82, 2.24) is 14.8 Å². The van der Waals surface area contributed by atoms with E-state index in [1.165, 1.54) is 22.2 Å². The number of aromatic nitrogens is 3. The molecule has 0 radical (unpaired) electrons. The molecule has 0 bridgehead atoms. The van der Waals surface area contributed by atoms with E-state index in [1.54, 1.807) is 35.6 Å². The summed E-state index contributed by atoms with van der Waals surface area (Å²) < 4.78 is 1.97. The van der Waals surface area contributed by atoms with E-state index in [9.17, 15) is 4.79 Å². The van der Waals surface area contributed by atoms with Crippen LogP contribution >= 0.6 is 46.3 Å². The largest absolute Gasteiger partial charge is 0.324 e. The third-order valence-corrected chi connectivity index (χ3v) is 6.62. The molecular formula is C19H18Cl2N4OS2. The maximum Gasteiger partial charge on any atom is 0.234 e. The number of carbonyl (C=O) groups is 1. The number of halogens is 2. The summed E-state index contributed by atoms with van der Waals surface area (Å²) >= 11 is 15.0. The molecule has 1 amide bonds. The van der Waals surface area contributed by atoms with E-state index in [0.717, 1.165) is 11.4 Å². The zero-order valence-electron chi connectivity index (χ0n) is 15.3. The van der Waals surface area contributed by atoms with Gasteiger partial charge in [0.15, 0.2) is 11.0 Å². The molecule has 0 unspecified atom stereocenters. The second kappa shape index (κ2) is 9.13. The van der Waals surface area contributed by atoms with Crippen LogP contribution in [0.3, 0.4) is 0 Å². The van der Waals surface area contributed by atoms with E-state index in [-0.39, 0.29) is 11.7 Å². The first-order valence-corrected chi connectivity index (χ1v) is 11.0. The SMILES string of the molecule is C=CCn1c(SCC(=O)Nc2ccc(Cl)cc2Cl)nnc1-c1csc(C)c1C. The predicted octanol–water partition coefficient (Wildman–Crippen LogP) is 5.85. The van der Waals surface area contributed by atoms with Crippen molar-refractivity contribution in [3.8, 4) is 11.4 Å². The predicted molar refractivity (Wildman–Crippen MR) is 119 cm³/mol. The van der Waals surface area contributed by atoms with Crippen molar-refractivity contribution in [2.75, 3.05) is 11.1 Å². The Morgan fingerprint density at radius 1 is 1.36 bits per heavy atom. The van der Waals surface area contributed by atoms with Gasteiger partial charge in [0.25, 0.3) is 0 Å². The molecule has 28 heavy (non-hydrogen) atoms. The molecule has 3 aromatic rings. The van der Waals surface area contributed by atoms with E-state index in [0.29, 0.717) is 27.4 Å². The molecule has 3 rings (SSSR count). The second-order valence-electron chi connectivity index (χ2n) is 6.00. The van der Waals surface area contributed by atoms with Gasteiger partial charge in [0.1, 0.15) is 0 Å². The Hall–Kier alpha value is -1.80. The van der Waals surface area contributed by atoms with Gasteiger partial charge in [-0.15, -0.1) is 28.1 Å². The first-order chi connectivity index (χ1) is 13.4. The summed E-state index contributed by atoms with van der Waals surface area (Å²) in [5.74, 6) is 0.771. The Balaban J connectivity index is 1.74. The molecule has 0 saturated heterocycles. The monoisotopic (exact) mass is 452 g/mol. The Bertz CT molecular complexity index is 1030. The highest BCUT2D eigenvalue weighted by atomic mass is 35.5. The highest BCUT2D eigenvalue weighted by molar-refractivity contribution is 7.99. The van der Waals surface area contributed by atoms with Crippen molar-refractivity contribution >= 4 is 57.9 Å². The lowest BCUT2D eigenvalue weighted by atomic mass is 10.1. The Morgan fingerprint density at radius 3 is 2.79 bits per heavy atom. The number of hydrogen-bond acceptors (Lipinski definition) is 5. The van der Waals surface area contributed by atoms with Crippen molar-refractivity contribution < 1.29 is 4.79 Å². The van der Waals surface area contributed by atoms with Crippen LogP contribution < -0.4 is 5.32 Å². The van der Waals surface area contributed by atoms with Gasteiger partial charge in [0, 0.05) is 27.4 Å². The molecule has 0 aliphatic carbocycles. The molecule has 0 atom stereocenters. The highest BCUT2D eigenvalue weighted by Gasteiger charge is 2.18. The minimum Gasteiger partial charge on any atom is -0.324 e. The van der Waals surface area contributed by atoms with E-state index in [1.807, 2.05) is 4.57 Å². The van der Waals surface area contributed by atoms with Crippen LogP contribution in [0, 0.1) is 13.8 Å². The first-order valence-electron chi connectivity index (χ1n) is 8.37. The standard InChI is InChI=1S/C19H18Cl2N4OS2/c1-4-7-25-18(14-9-27-12(3)11(14)2)23-24-19(25)28-10-17(26)22-16-6-5-13(20)8-15(16)21/h4-6,8-9H,1,7,10H2,2-3H3,(H,22,26). The maximum absolute atomic E-state index is 12.3. The van der Waals surface area contributed by atoms with Gasteiger partial charge in [-0.2, -0.15) is 0 Å². The van der Waals surface area contributed by atoms with Gasteiger partial charge in [-0.05, 0) is 37.6 Å². The number of hydrogen-bond donors (Lipinski definition) is 1. The minimum atomic E-state index is -0.188. The van der Waals surface area contributed by atoms with Gasteiger partial charge in [0.05, 0.1) is 16.5 Å². The molecule has 0 fully saturated rings. The first kappa shape index (κ1) is 20.9. The average molecular weight is 453 g/mol. The zero-order valence-corrected chi connectivity index (χ0v) is 18.5. The Labute approximate surface area is 181 Å². The van der Waals surface area contributed by atoms with E-state index in [4.69, 9.17) is 23.2 Å². The maximum atomic E-state index is 12.3. The smallest absolute Gasteiger partial charge is 0.234 e. The fourth-order valence-corrected chi connectivity index (χ4v) is 4.60. The number of rotatable bonds is 7. The fourth-order valence-electron chi connectivity index (χ4n) is 2.53. The molecule has 0 aliphatic heterocycles. The Kier molecular flexibility index (Phi) is 6.82. The molecule has 0 aliphatic rings. The number of thioether (sulfide) groups is 1. The van der Waals surface area contributed by atoms with Crippen LogP contribution in [-0.2, 0) is 11.3 Å². The van der Waals surface area contributed by atoms with Crippen molar-refractivity contribution in [3.63, 3.8) is 0 Å². The highest BCUT2D eigenvalue weighted by Crippen LogP contribution is 2.32. The quantitative estimate of drug-likeness (QED) is 0.360. The van der Waals surface area contributed by atoms with Crippen LogP contribution in [-0.4, -0.2) is 26.4 Å². The third-order valence-electron chi connectivity index (χ3n) is 4.09. The number of nitrogens with one attached hydrogen (secondary N) is 1. The lowest BCUT2D eigenvalue weighted by Gasteiger charge is -2.09. The number of carbonyl (C=O) groups excluding carboxylic acids is 1. The van der Waals surface area contributed by atoms with Crippen LogP contribution in [0.15, 0.2) is 41.4 Å². The van der Waals surface area contributed by atoms with Gasteiger partial charge >= 0.3 is 0 Å². The van der Waals surface area contributed by atoms with Crippen LogP contribution in [0.2, 0.25) is 10.0 Å². The molecule has 2 heterocycles. The molecule has 0 saturated carbocycles. The van der Waals surface area contributed by atoms with Gasteiger partial charge < -0.3 is 5.32 Å². The molecule has 1 aromatic carbocycles. The zero-order chi connectivity index (χ0) is 20.3. The topological polar surface area (TPSA) is 59.8 Å². The summed E-state index contributed by atoms with van der Waals surface area (Å²) in [6.07, 6.45) is 1.79. The van der Waals surface area contributed by atoms with Gasteiger partial charge in [-0.3, -0.25) is 9.36 Å². The van der Waals surface area contributed by atoms with Crippen LogP contribution in [0.25, 0.3) is 11.4 Å². The molecule has 146 valence electrons. The normalized spacial score (nSPS) is 10.9. The van der Waals surface area contributed by atoms with Crippen LogP contribution in [0.4, 0.5) is 5.69 Å². The van der Waals surface area contributed by atoms with Gasteiger partial charge in [-0.1, -0.05) is 41.0 Å². The van der Waals surface area contributed by atoms with Crippen molar-refractivity contribution in [1.29, 1.82) is 0 Å². The molecule has 1 N–H and O–H groups in total. The average Bonchev–Trinajstić information content (AvgIpc) is 3.19. The van der Waals surface area contributed by atoms with Crippen molar-refractivity contribution in [2.45, 2.75) is 25.5 Å². The number of aryl methyl sites for hydroxylation is 1. The van der Waals surface area contributed by atoms with E-state index >= 15 is 0 Å². The van der Waals surface area contributed by atoms with Crippen LogP contribution in [0.1, 0.15) is 10.4 Å². The van der Waals surface area contributed by atoms with Gasteiger partial charge in [0.2, 0.25) is 5.91 Å². The second-order valence-corrected chi connectivity index (χ2v) is 8.87. The molecule has 2 aromatic heterocycles. The number of anilines is 1. The van der Waals surface area contributed by atoms with E-state index in [2.05, 4.69) is 41.3 Å². The number of benzene rings is 1. The number of nitrogens with zero attached hydrogens (tertiary/aromatic N) is 3. The fraction of sp³-hybridized carbons (Fsp3) is 0.211. The molecule has 9 heteroatoms. The summed E-state index contributed by atoms with van der Waals surface area (Å²) in [7, 11) is 0. The molecule has 0 spiro atoms. The summed E-state index contributed by atoms with van der Waals surface area (Å²) in [5, 5.41) is 15.1. The summed E-state index contributed by atoms with van der Waals surface area (Å²) in [5.41, 5.74) is 2.77. The number of amides is 1. The number of allylic oxidation sites excluding steroid dienone is 1. The summed E-state index contributed by atoms with van der Waals surface area (Å²) in [4.78, 5) is 13.6. The van der Waals surface area contributed by atoms with Crippen molar-refractivity contribution in [3.05, 3.63) is 56.7 Å².